The van der Waals surface area contributed by atoms with Gasteiger partial charge in [0, 0.05) is 36.6 Å². The third-order valence-electron chi connectivity index (χ3n) is 3.72. The maximum absolute atomic E-state index is 13.2. The molecule has 1 aromatic heterocycles. The van der Waals surface area contributed by atoms with Crippen molar-refractivity contribution in [3.63, 3.8) is 0 Å². The van der Waals surface area contributed by atoms with Crippen molar-refractivity contribution in [3.05, 3.63) is 59.4 Å². The van der Waals surface area contributed by atoms with E-state index in [-0.39, 0.29) is 17.3 Å². The van der Waals surface area contributed by atoms with E-state index in [0.29, 0.717) is 31.9 Å². The maximum Gasteiger partial charge on any atom is 0.274 e. The summed E-state index contributed by atoms with van der Waals surface area (Å²) >= 11 is 0. The number of hydrogen-bond acceptors (Lipinski definition) is 4. The van der Waals surface area contributed by atoms with Crippen molar-refractivity contribution in [1.29, 1.82) is 0 Å². The van der Waals surface area contributed by atoms with E-state index >= 15 is 0 Å². The average Bonchev–Trinajstić information content (AvgIpc) is 2.65. The quantitative estimate of drug-likeness (QED) is 0.923. The average molecular weight is 347 g/mol. The van der Waals surface area contributed by atoms with Gasteiger partial charge in [0.25, 0.3) is 11.8 Å². The molecule has 3 rings (SSSR count). The van der Waals surface area contributed by atoms with Crippen LogP contribution >= 0.6 is 0 Å². The zero-order chi connectivity index (χ0) is 17.8. The van der Waals surface area contributed by atoms with E-state index in [2.05, 4.69) is 10.3 Å². The van der Waals surface area contributed by atoms with Crippen molar-refractivity contribution in [1.82, 2.24) is 9.88 Å². The Morgan fingerprint density at radius 2 is 1.84 bits per heavy atom. The summed E-state index contributed by atoms with van der Waals surface area (Å²) in [4.78, 5) is 30.2. The Morgan fingerprint density at radius 1 is 1.08 bits per heavy atom. The van der Waals surface area contributed by atoms with Crippen molar-refractivity contribution < 1.29 is 23.1 Å². The SMILES string of the molecule is O=C(Nc1ccc(F)c(F)c1)c1cc(C(=O)N2CCOCC2)ccn1. The highest BCUT2D eigenvalue weighted by molar-refractivity contribution is 6.04. The van der Waals surface area contributed by atoms with E-state index in [1.54, 1.807) is 4.90 Å². The number of nitrogens with one attached hydrogen (secondary N) is 1. The van der Waals surface area contributed by atoms with Crippen LogP contribution in [0.3, 0.4) is 0 Å². The van der Waals surface area contributed by atoms with Gasteiger partial charge in [-0.25, -0.2) is 8.78 Å². The van der Waals surface area contributed by atoms with Crippen LogP contribution in [0.2, 0.25) is 0 Å². The van der Waals surface area contributed by atoms with Gasteiger partial charge in [-0.2, -0.15) is 0 Å². The normalized spacial score (nSPS) is 14.2. The molecular formula is C17H15F2N3O3. The Labute approximate surface area is 142 Å². The first-order chi connectivity index (χ1) is 12.0. The molecule has 1 saturated heterocycles. The molecule has 0 atom stereocenters. The number of rotatable bonds is 3. The van der Waals surface area contributed by atoms with E-state index in [0.717, 1.165) is 12.1 Å². The van der Waals surface area contributed by atoms with Crippen molar-refractivity contribution >= 4 is 17.5 Å². The number of carbonyl (C=O) groups is 2. The predicted octanol–water partition coefficient (Wildman–Crippen LogP) is 2.08. The van der Waals surface area contributed by atoms with Crippen LogP contribution in [-0.2, 0) is 4.74 Å². The first-order valence-electron chi connectivity index (χ1n) is 7.64. The lowest BCUT2D eigenvalue weighted by Crippen LogP contribution is -2.40. The lowest BCUT2D eigenvalue weighted by Gasteiger charge is -2.26. The van der Waals surface area contributed by atoms with Gasteiger partial charge in [-0.1, -0.05) is 0 Å². The monoisotopic (exact) mass is 347 g/mol. The lowest BCUT2D eigenvalue weighted by molar-refractivity contribution is 0.0303. The second-order valence-electron chi connectivity index (χ2n) is 5.42. The van der Waals surface area contributed by atoms with E-state index < -0.39 is 17.5 Å². The molecule has 2 heterocycles. The Balaban J connectivity index is 1.74. The minimum Gasteiger partial charge on any atom is -0.378 e. The number of morpholine rings is 1. The number of benzene rings is 1. The first kappa shape index (κ1) is 17.0. The fourth-order valence-corrected chi connectivity index (χ4v) is 2.41. The molecule has 1 N–H and O–H groups in total. The molecule has 2 amide bonds. The summed E-state index contributed by atoms with van der Waals surface area (Å²) in [6.45, 7) is 1.91. The number of nitrogens with zero attached hydrogens (tertiary/aromatic N) is 2. The zero-order valence-electron chi connectivity index (χ0n) is 13.2. The predicted molar refractivity (Wildman–Crippen MR) is 85.3 cm³/mol. The number of carbonyl (C=O) groups excluding carboxylic acids is 2. The topological polar surface area (TPSA) is 71.5 Å². The fraction of sp³-hybridized carbons (Fsp3) is 0.235. The summed E-state index contributed by atoms with van der Waals surface area (Å²) < 4.78 is 31.3. The molecule has 0 unspecified atom stereocenters. The van der Waals surface area contributed by atoms with Gasteiger partial charge in [0.1, 0.15) is 5.69 Å². The molecule has 1 aromatic carbocycles. The van der Waals surface area contributed by atoms with Crippen LogP contribution in [0.5, 0.6) is 0 Å². The molecule has 0 aliphatic carbocycles. The molecule has 2 aromatic rings. The third-order valence-corrected chi connectivity index (χ3v) is 3.72. The summed E-state index contributed by atoms with van der Waals surface area (Å²) in [5.41, 5.74) is 0.423. The van der Waals surface area contributed by atoms with Crippen LogP contribution in [0.1, 0.15) is 20.8 Å². The molecule has 25 heavy (non-hydrogen) atoms. The van der Waals surface area contributed by atoms with Gasteiger partial charge in [-0.3, -0.25) is 14.6 Å². The summed E-state index contributed by atoms with van der Waals surface area (Å²) in [5.74, 6) is -2.91. The van der Waals surface area contributed by atoms with Gasteiger partial charge in [-0.05, 0) is 24.3 Å². The number of aromatic nitrogens is 1. The Kier molecular flexibility index (Phi) is 4.99. The molecule has 8 heteroatoms. The lowest BCUT2D eigenvalue weighted by atomic mass is 10.2. The van der Waals surface area contributed by atoms with E-state index in [1.165, 1.54) is 24.4 Å². The van der Waals surface area contributed by atoms with Gasteiger partial charge in [-0.15, -0.1) is 0 Å². The molecule has 1 aliphatic heterocycles. The van der Waals surface area contributed by atoms with Crippen LogP contribution in [0, 0.1) is 11.6 Å². The standard InChI is InChI=1S/C17H15F2N3O3/c18-13-2-1-12(10-14(13)19)21-16(23)15-9-11(3-4-20-15)17(24)22-5-7-25-8-6-22/h1-4,9-10H,5-8H2,(H,21,23). The van der Waals surface area contributed by atoms with Gasteiger partial charge < -0.3 is 15.0 Å². The van der Waals surface area contributed by atoms with Crippen molar-refractivity contribution in [3.8, 4) is 0 Å². The highest BCUT2D eigenvalue weighted by atomic mass is 19.2. The Morgan fingerprint density at radius 3 is 2.56 bits per heavy atom. The molecule has 1 fully saturated rings. The highest BCUT2D eigenvalue weighted by Gasteiger charge is 2.20. The second-order valence-corrected chi connectivity index (χ2v) is 5.42. The van der Waals surface area contributed by atoms with Crippen molar-refractivity contribution in [2.75, 3.05) is 31.6 Å². The van der Waals surface area contributed by atoms with Crippen LogP contribution in [-0.4, -0.2) is 48.0 Å². The summed E-state index contributed by atoms with van der Waals surface area (Å²) in [7, 11) is 0. The van der Waals surface area contributed by atoms with Crippen molar-refractivity contribution in [2.45, 2.75) is 0 Å². The van der Waals surface area contributed by atoms with E-state index in [4.69, 9.17) is 4.74 Å². The minimum absolute atomic E-state index is 0.00356. The number of halogens is 2. The van der Waals surface area contributed by atoms with E-state index in [9.17, 15) is 18.4 Å². The smallest absolute Gasteiger partial charge is 0.274 e. The van der Waals surface area contributed by atoms with Crippen molar-refractivity contribution in [2.24, 2.45) is 0 Å². The largest absolute Gasteiger partial charge is 0.378 e. The maximum atomic E-state index is 13.2. The first-order valence-corrected chi connectivity index (χ1v) is 7.64. The van der Waals surface area contributed by atoms with Crippen LogP contribution in [0.25, 0.3) is 0 Å². The highest BCUT2D eigenvalue weighted by Crippen LogP contribution is 2.15. The molecule has 6 nitrogen and oxygen atoms in total. The fourth-order valence-electron chi connectivity index (χ4n) is 2.41. The number of anilines is 1. The summed E-state index contributed by atoms with van der Waals surface area (Å²) in [6.07, 6.45) is 1.35. The molecule has 0 spiro atoms. The number of ether oxygens (including phenoxy) is 1. The minimum atomic E-state index is -1.07. The number of pyridine rings is 1. The van der Waals surface area contributed by atoms with Gasteiger partial charge >= 0.3 is 0 Å². The summed E-state index contributed by atoms with van der Waals surface area (Å²) in [5, 5.41) is 2.42. The molecule has 130 valence electrons. The Bertz CT molecular complexity index is 807. The molecule has 0 bridgehead atoms. The Hall–Kier alpha value is -2.87. The molecule has 0 saturated carbocycles. The van der Waals surface area contributed by atoms with Crippen LogP contribution < -0.4 is 5.32 Å². The third kappa shape index (κ3) is 3.97. The van der Waals surface area contributed by atoms with Gasteiger partial charge in [0.05, 0.1) is 13.2 Å². The number of hydrogen-bond donors (Lipinski definition) is 1. The van der Waals surface area contributed by atoms with E-state index in [1.807, 2.05) is 0 Å². The van der Waals surface area contributed by atoms with Gasteiger partial charge in [0.2, 0.25) is 0 Å². The molecule has 1 aliphatic rings. The number of amides is 2. The van der Waals surface area contributed by atoms with Crippen LogP contribution in [0.15, 0.2) is 36.5 Å². The molecular weight excluding hydrogens is 332 g/mol. The summed E-state index contributed by atoms with van der Waals surface area (Å²) in [6, 6.07) is 5.91. The van der Waals surface area contributed by atoms with Crippen LogP contribution in [0.4, 0.5) is 14.5 Å². The van der Waals surface area contributed by atoms with Gasteiger partial charge in [0.15, 0.2) is 11.6 Å². The zero-order valence-corrected chi connectivity index (χ0v) is 13.2. The second kappa shape index (κ2) is 7.35. The molecule has 0 radical (unpaired) electrons.